The Morgan fingerprint density at radius 1 is 0.488 bits per heavy atom. The van der Waals surface area contributed by atoms with E-state index in [9.17, 15) is 45.0 Å². The van der Waals surface area contributed by atoms with E-state index >= 15 is 0 Å². The standard InChI is InChI=1S/C61H70N16O9/c78-31-47(80)68-43-25-45(53(84)51(43)82)76-33-64-49-55(62-27-41(35-13-5-1-6-14-35)36-15-7-2-8-16-36)70-59(72-57(49)76)74-23-21-39(29-74)66-61(86)67-40-22-24-75(30-40)60-71-56(63-28-42(37-17-9-3-10-18-37)38-19-11-4-12-20-38)50-58(73-60)77(34-65-50)46-26-44(52(83)54(46)85)69-48(81)32-79/h1-20,33-34,39-46,51-54,78-79,82-85H,21-32H2,(H,68,80)(H,69,81)(H,62,70,72)(H,63,71,73)(H2,66,67,86)/t39-,40-,43+,44+,45-,46-,51-,52-,53+,54+/m1/s1. The second-order valence-corrected chi connectivity index (χ2v) is 22.6. The van der Waals surface area contributed by atoms with Gasteiger partial charge in [0, 0.05) is 63.2 Å². The molecular formula is C61H70N16O9. The van der Waals surface area contributed by atoms with Crippen LogP contribution in [0.4, 0.5) is 28.3 Å². The zero-order valence-electron chi connectivity index (χ0n) is 47.0. The highest BCUT2D eigenvalue weighted by Crippen LogP contribution is 2.38. The SMILES string of the molecule is O=C(CO)N[C@H]1C[C@@H](n2cnc3c(NCC(c4ccccc4)c4ccccc4)nc(N4CC[C@@H](NC(=O)N[C@@H]5CCN(c6nc(NCC(c7ccccc7)c7ccccc7)c7ncn([C@@H]8C[C@H](NC(=O)CO)[C@@H](O)[C@H]8O)c7n6)C5)C4)nc32)[C@H](O)[C@@H]1O. The van der Waals surface area contributed by atoms with Gasteiger partial charge in [-0.25, -0.2) is 14.8 Å². The smallest absolute Gasteiger partial charge is 0.315 e. The van der Waals surface area contributed by atoms with Crippen LogP contribution in [0.2, 0.25) is 0 Å². The zero-order chi connectivity index (χ0) is 59.4. The molecule has 25 heteroatoms. The fourth-order valence-electron chi connectivity index (χ4n) is 12.7. The summed E-state index contributed by atoms with van der Waals surface area (Å²) in [4.78, 5) is 72.1. The maximum absolute atomic E-state index is 14.0. The van der Waals surface area contributed by atoms with E-state index in [1.165, 1.54) is 0 Å². The van der Waals surface area contributed by atoms with Crippen LogP contribution in [0.1, 0.15) is 71.9 Å². The molecule has 0 unspecified atom stereocenters. The van der Waals surface area contributed by atoms with Crippen molar-refractivity contribution in [3.63, 3.8) is 0 Å². The summed E-state index contributed by atoms with van der Waals surface area (Å²) in [7, 11) is 0. The second-order valence-electron chi connectivity index (χ2n) is 22.6. The van der Waals surface area contributed by atoms with Gasteiger partial charge in [0.25, 0.3) is 0 Å². The molecular weight excluding hydrogens is 1100 g/mol. The first-order chi connectivity index (χ1) is 41.9. The molecule has 4 amide bonds. The van der Waals surface area contributed by atoms with Gasteiger partial charge in [0.05, 0.1) is 36.8 Å². The number of amides is 4. The number of benzene rings is 4. The Morgan fingerprint density at radius 2 is 0.849 bits per heavy atom. The highest BCUT2D eigenvalue weighted by molar-refractivity contribution is 5.86. The van der Waals surface area contributed by atoms with Crippen molar-refractivity contribution >= 4 is 63.7 Å². The van der Waals surface area contributed by atoms with Gasteiger partial charge in [-0.1, -0.05) is 121 Å². The highest BCUT2D eigenvalue weighted by Gasteiger charge is 2.46. The van der Waals surface area contributed by atoms with E-state index in [4.69, 9.17) is 29.9 Å². The maximum Gasteiger partial charge on any atom is 0.315 e. The van der Waals surface area contributed by atoms with E-state index in [2.05, 4.69) is 80.4 Å². The van der Waals surface area contributed by atoms with Gasteiger partial charge in [-0.15, -0.1) is 0 Å². The van der Waals surface area contributed by atoms with Crippen LogP contribution in [-0.4, -0.2) is 189 Å². The van der Waals surface area contributed by atoms with E-state index < -0.39 is 73.6 Å². The number of carbonyl (C=O) groups is 3. The number of hydrogen-bond donors (Lipinski definition) is 12. The minimum atomic E-state index is -1.32. The van der Waals surface area contributed by atoms with Gasteiger partial charge >= 0.3 is 6.03 Å². The van der Waals surface area contributed by atoms with E-state index in [0.29, 0.717) is 98.0 Å². The number of nitrogens with zero attached hydrogens (tertiary/aromatic N) is 10. The number of nitrogens with one attached hydrogen (secondary N) is 6. The molecule has 2 saturated heterocycles. The van der Waals surface area contributed by atoms with E-state index in [-0.39, 0.29) is 42.8 Å². The average molecular weight is 1170 g/mol. The number of urea groups is 1. The third kappa shape index (κ3) is 12.1. The molecule has 2 saturated carbocycles. The van der Waals surface area contributed by atoms with Gasteiger partial charge in [-0.3, -0.25) is 9.59 Å². The molecule has 8 aromatic rings. The molecule has 2 aliphatic heterocycles. The van der Waals surface area contributed by atoms with Crippen molar-refractivity contribution in [1.82, 2.24) is 60.3 Å². The number of aliphatic hydroxyl groups excluding tert-OH is 6. The topological polar surface area (TPSA) is 338 Å². The van der Waals surface area contributed by atoms with Crippen LogP contribution in [0, 0.1) is 0 Å². The highest BCUT2D eigenvalue weighted by atomic mass is 16.3. The number of aromatic nitrogens is 8. The minimum absolute atomic E-state index is 0.0717. The van der Waals surface area contributed by atoms with Crippen molar-refractivity contribution in [3.8, 4) is 0 Å². The third-order valence-corrected chi connectivity index (χ3v) is 17.2. The summed E-state index contributed by atoms with van der Waals surface area (Å²) in [6.07, 6.45) is -0.699. The Balaban J connectivity index is 0.765. The normalized spacial score (nSPS) is 23.8. The molecule has 0 spiro atoms. The van der Waals surface area contributed by atoms with Crippen molar-refractivity contribution in [2.24, 2.45) is 0 Å². The fraction of sp³-hybridized carbons (Fsp3) is 0.393. The molecule has 4 aromatic carbocycles. The second kappa shape index (κ2) is 25.4. The molecule has 4 aliphatic rings. The Morgan fingerprint density at radius 3 is 1.20 bits per heavy atom. The van der Waals surface area contributed by atoms with Gasteiger partial charge in [-0.05, 0) is 47.9 Å². The molecule has 4 fully saturated rings. The molecule has 10 atom stereocenters. The van der Waals surface area contributed by atoms with Crippen molar-refractivity contribution in [3.05, 3.63) is 156 Å². The predicted octanol–water partition coefficient (Wildman–Crippen LogP) is 1.90. The number of aliphatic hydroxyl groups is 6. The minimum Gasteiger partial charge on any atom is -0.388 e. The molecule has 25 nitrogen and oxygen atoms in total. The van der Waals surface area contributed by atoms with Crippen LogP contribution in [0.25, 0.3) is 22.3 Å². The van der Waals surface area contributed by atoms with Crippen molar-refractivity contribution in [2.75, 3.05) is 72.9 Å². The Hall–Kier alpha value is -8.85. The van der Waals surface area contributed by atoms with Gasteiger partial charge in [0.15, 0.2) is 34.0 Å². The Kier molecular flexibility index (Phi) is 17.0. The van der Waals surface area contributed by atoms with Crippen LogP contribution in [0.3, 0.4) is 0 Å². The van der Waals surface area contributed by atoms with Gasteiger partial charge in [0.2, 0.25) is 23.7 Å². The van der Waals surface area contributed by atoms with Gasteiger partial charge in [-0.2, -0.15) is 19.9 Å². The summed E-state index contributed by atoms with van der Waals surface area (Å²) in [6, 6.07) is 36.5. The fourth-order valence-corrected chi connectivity index (χ4v) is 12.7. The van der Waals surface area contributed by atoms with Crippen molar-refractivity contribution < 1.29 is 45.0 Å². The van der Waals surface area contributed by atoms with E-state index in [1.807, 2.05) is 82.6 Å². The average Bonchev–Trinajstić information content (AvgIpc) is 3.41. The van der Waals surface area contributed by atoms with Gasteiger partial charge in [0.1, 0.15) is 37.6 Å². The van der Waals surface area contributed by atoms with Crippen LogP contribution in [0.5, 0.6) is 0 Å². The third-order valence-electron chi connectivity index (χ3n) is 17.2. The number of imidazole rings is 2. The summed E-state index contributed by atoms with van der Waals surface area (Å²) < 4.78 is 3.40. The molecule has 12 N–H and O–H groups in total. The molecule has 86 heavy (non-hydrogen) atoms. The summed E-state index contributed by atoms with van der Waals surface area (Å²) >= 11 is 0. The molecule has 6 heterocycles. The molecule has 0 bridgehead atoms. The Labute approximate surface area is 494 Å². The lowest BCUT2D eigenvalue weighted by atomic mass is 9.91. The predicted molar refractivity (Wildman–Crippen MR) is 319 cm³/mol. The summed E-state index contributed by atoms with van der Waals surface area (Å²) in [6.45, 7) is 1.08. The molecule has 12 rings (SSSR count). The Bertz CT molecular complexity index is 3330. The van der Waals surface area contributed by atoms with Gasteiger partial charge < -0.3 is 81.5 Å². The monoisotopic (exact) mass is 1170 g/mol. The number of anilines is 4. The molecule has 448 valence electrons. The first-order valence-electron chi connectivity index (χ1n) is 29.2. The largest absolute Gasteiger partial charge is 0.388 e. The lowest BCUT2D eigenvalue weighted by Crippen LogP contribution is -2.48. The quantitative estimate of drug-likeness (QED) is 0.0518. The van der Waals surface area contributed by atoms with E-state index in [0.717, 1.165) is 22.3 Å². The van der Waals surface area contributed by atoms with Crippen molar-refractivity contribution in [2.45, 2.75) is 98.2 Å². The summed E-state index contributed by atoms with van der Waals surface area (Å²) in [5.74, 6) is 0.138. The molecule has 4 aromatic heterocycles. The molecule has 2 aliphatic carbocycles. The van der Waals surface area contributed by atoms with Crippen LogP contribution in [0.15, 0.2) is 134 Å². The number of hydrogen-bond acceptors (Lipinski definition) is 19. The summed E-state index contributed by atoms with van der Waals surface area (Å²) in [5, 5.41) is 82.5. The first-order valence-corrected chi connectivity index (χ1v) is 29.2. The zero-order valence-corrected chi connectivity index (χ0v) is 47.0. The number of rotatable bonds is 20. The number of carbonyl (C=O) groups excluding carboxylic acids is 3. The summed E-state index contributed by atoms with van der Waals surface area (Å²) in [5.41, 5.74) is 6.04. The maximum atomic E-state index is 14.0. The first kappa shape index (κ1) is 57.6. The number of fused-ring (bicyclic) bond motifs is 2. The van der Waals surface area contributed by atoms with Crippen molar-refractivity contribution in [1.29, 1.82) is 0 Å². The lowest BCUT2D eigenvalue weighted by molar-refractivity contribution is -0.126. The van der Waals surface area contributed by atoms with Crippen LogP contribution < -0.4 is 41.7 Å². The molecule has 0 radical (unpaired) electrons. The lowest BCUT2D eigenvalue weighted by Gasteiger charge is -2.23. The van der Waals surface area contributed by atoms with Crippen LogP contribution >= 0.6 is 0 Å². The van der Waals surface area contributed by atoms with Crippen LogP contribution in [-0.2, 0) is 9.59 Å². The van der Waals surface area contributed by atoms with E-state index in [1.54, 1.807) is 21.8 Å².